The summed E-state index contributed by atoms with van der Waals surface area (Å²) in [5, 5.41) is 3.40. The first kappa shape index (κ1) is 13.6. The third-order valence-corrected chi connectivity index (χ3v) is 3.99. The zero-order valence-electron chi connectivity index (χ0n) is 10.4. The molecule has 4 heteroatoms. The van der Waals surface area contributed by atoms with E-state index in [1.54, 1.807) is 14.2 Å². The van der Waals surface area contributed by atoms with Gasteiger partial charge in [-0.25, -0.2) is 0 Å². The number of nitrogens with one attached hydrogen (secondary N) is 1. The van der Waals surface area contributed by atoms with Crippen LogP contribution in [-0.4, -0.2) is 27.1 Å². The van der Waals surface area contributed by atoms with Gasteiger partial charge in [0.05, 0.1) is 0 Å². The first-order valence-electron chi connectivity index (χ1n) is 5.58. The van der Waals surface area contributed by atoms with E-state index in [1.807, 2.05) is 11.3 Å². The molecular weight excluding hydrogens is 222 g/mol. The van der Waals surface area contributed by atoms with Crippen LogP contribution in [0.25, 0.3) is 0 Å². The number of ether oxygens (including phenoxy) is 2. The van der Waals surface area contributed by atoms with Crippen LogP contribution in [0.2, 0.25) is 0 Å². The fourth-order valence-corrected chi connectivity index (χ4v) is 2.43. The lowest BCUT2D eigenvalue weighted by Crippen LogP contribution is -2.31. The molecule has 0 fully saturated rings. The number of methoxy groups -OCH3 is 2. The molecular formula is C12H21NO2S. The van der Waals surface area contributed by atoms with Gasteiger partial charge in [0.2, 0.25) is 0 Å². The zero-order valence-corrected chi connectivity index (χ0v) is 11.3. The normalized spacial score (nSPS) is 13.3. The maximum atomic E-state index is 5.13. The maximum absolute atomic E-state index is 5.13. The number of thiophene rings is 1. The summed E-state index contributed by atoms with van der Waals surface area (Å²) in [5.41, 5.74) is 0. The molecule has 1 unspecified atom stereocenters. The second kappa shape index (κ2) is 7.01. The summed E-state index contributed by atoms with van der Waals surface area (Å²) in [6.45, 7) is 5.04. The molecule has 1 rings (SSSR count). The highest BCUT2D eigenvalue weighted by Gasteiger charge is 2.11. The van der Waals surface area contributed by atoms with E-state index in [2.05, 4.69) is 31.3 Å². The highest BCUT2D eigenvalue weighted by molar-refractivity contribution is 7.12. The molecule has 0 bridgehead atoms. The molecule has 0 saturated carbocycles. The van der Waals surface area contributed by atoms with Crippen molar-refractivity contribution >= 4 is 11.3 Å². The summed E-state index contributed by atoms with van der Waals surface area (Å²) < 4.78 is 10.3. The lowest BCUT2D eigenvalue weighted by molar-refractivity contribution is -0.0997. The largest absolute Gasteiger partial charge is 0.355 e. The molecule has 3 nitrogen and oxygen atoms in total. The Kier molecular flexibility index (Phi) is 5.98. The standard InChI is InChI=1S/C12H21NO2S/c1-5-10-6-7-11(16-10)9(2)13-8-12(14-3)15-4/h6-7,9,12-13H,5,8H2,1-4H3. The number of hydrogen-bond acceptors (Lipinski definition) is 4. The minimum atomic E-state index is -0.173. The van der Waals surface area contributed by atoms with E-state index in [1.165, 1.54) is 9.75 Å². The quantitative estimate of drug-likeness (QED) is 0.747. The molecule has 0 radical (unpaired) electrons. The molecule has 16 heavy (non-hydrogen) atoms. The van der Waals surface area contributed by atoms with Crippen molar-refractivity contribution in [2.24, 2.45) is 0 Å². The Morgan fingerprint density at radius 1 is 1.31 bits per heavy atom. The third-order valence-electron chi connectivity index (χ3n) is 2.57. The van der Waals surface area contributed by atoms with Gasteiger partial charge in [0.15, 0.2) is 6.29 Å². The van der Waals surface area contributed by atoms with Gasteiger partial charge in [-0.2, -0.15) is 0 Å². The molecule has 0 aliphatic rings. The van der Waals surface area contributed by atoms with E-state index in [0.717, 1.165) is 6.42 Å². The number of hydrogen-bond donors (Lipinski definition) is 1. The molecule has 1 N–H and O–H groups in total. The van der Waals surface area contributed by atoms with E-state index in [-0.39, 0.29) is 6.29 Å². The van der Waals surface area contributed by atoms with E-state index < -0.39 is 0 Å². The Morgan fingerprint density at radius 3 is 2.50 bits per heavy atom. The van der Waals surface area contributed by atoms with Gasteiger partial charge in [0, 0.05) is 36.6 Å². The smallest absolute Gasteiger partial charge is 0.169 e. The van der Waals surface area contributed by atoms with Crippen LogP contribution < -0.4 is 5.32 Å². The van der Waals surface area contributed by atoms with Crippen LogP contribution in [0.5, 0.6) is 0 Å². The lowest BCUT2D eigenvalue weighted by Gasteiger charge is -2.17. The monoisotopic (exact) mass is 243 g/mol. The van der Waals surface area contributed by atoms with Crippen molar-refractivity contribution in [1.29, 1.82) is 0 Å². The second-order valence-electron chi connectivity index (χ2n) is 3.69. The minimum Gasteiger partial charge on any atom is -0.355 e. The minimum absolute atomic E-state index is 0.173. The molecule has 92 valence electrons. The van der Waals surface area contributed by atoms with Gasteiger partial charge in [-0.15, -0.1) is 11.3 Å². The summed E-state index contributed by atoms with van der Waals surface area (Å²) in [7, 11) is 3.31. The zero-order chi connectivity index (χ0) is 12.0. The van der Waals surface area contributed by atoms with Crippen LogP contribution in [-0.2, 0) is 15.9 Å². The fraction of sp³-hybridized carbons (Fsp3) is 0.667. The lowest BCUT2D eigenvalue weighted by atomic mass is 10.2. The third kappa shape index (κ3) is 3.87. The topological polar surface area (TPSA) is 30.5 Å². The van der Waals surface area contributed by atoms with Gasteiger partial charge in [0.1, 0.15) is 0 Å². The maximum Gasteiger partial charge on any atom is 0.169 e. The Labute approximate surface area is 102 Å². The van der Waals surface area contributed by atoms with Crippen LogP contribution in [0.1, 0.15) is 29.6 Å². The molecule has 1 atom stereocenters. The Bertz CT molecular complexity index is 297. The molecule has 0 aromatic carbocycles. The summed E-state index contributed by atoms with van der Waals surface area (Å²) in [4.78, 5) is 2.79. The molecule has 0 aliphatic carbocycles. The van der Waals surface area contributed by atoms with Gasteiger partial charge in [0.25, 0.3) is 0 Å². The van der Waals surface area contributed by atoms with Gasteiger partial charge in [-0.05, 0) is 25.5 Å². The predicted octanol–water partition coefficient (Wildman–Crippen LogP) is 2.58. The summed E-state index contributed by atoms with van der Waals surface area (Å²) >= 11 is 1.86. The van der Waals surface area contributed by atoms with Crippen LogP contribution in [0.4, 0.5) is 0 Å². The molecule has 1 aromatic heterocycles. The Hall–Kier alpha value is -0.420. The van der Waals surface area contributed by atoms with Crippen LogP contribution in [0.3, 0.4) is 0 Å². The van der Waals surface area contributed by atoms with E-state index in [4.69, 9.17) is 9.47 Å². The Morgan fingerprint density at radius 2 is 2.00 bits per heavy atom. The van der Waals surface area contributed by atoms with E-state index >= 15 is 0 Å². The van der Waals surface area contributed by atoms with Crippen molar-refractivity contribution in [2.45, 2.75) is 32.6 Å². The molecule has 0 spiro atoms. The predicted molar refractivity (Wildman–Crippen MR) is 67.9 cm³/mol. The first-order valence-corrected chi connectivity index (χ1v) is 6.40. The van der Waals surface area contributed by atoms with Crippen LogP contribution in [0.15, 0.2) is 12.1 Å². The molecule has 1 aromatic rings. The highest BCUT2D eigenvalue weighted by Crippen LogP contribution is 2.23. The Balaban J connectivity index is 2.42. The van der Waals surface area contributed by atoms with Crippen LogP contribution in [0, 0.1) is 0 Å². The van der Waals surface area contributed by atoms with Crippen molar-refractivity contribution in [1.82, 2.24) is 5.32 Å². The van der Waals surface area contributed by atoms with Crippen molar-refractivity contribution in [3.05, 3.63) is 21.9 Å². The van der Waals surface area contributed by atoms with Crippen molar-refractivity contribution in [2.75, 3.05) is 20.8 Å². The molecule has 0 saturated heterocycles. The number of rotatable bonds is 7. The molecule has 1 heterocycles. The summed E-state index contributed by atoms with van der Waals surface area (Å²) in [5.74, 6) is 0. The summed E-state index contributed by atoms with van der Waals surface area (Å²) in [6, 6.07) is 4.73. The van der Waals surface area contributed by atoms with Crippen molar-refractivity contribution < 1.29 is 9.47 Å². The van der Waals surface area contributed by atoms with E-state index in [9.17, 15) is 0 Å². The van der Waals surface area contributed by atoms with Crippen molar-refractivity contribution in [3.8, 4) is 0 Å². The SMILES string of the molecule is CCc1ccc(C(C)NCC(OC)OC)s1. The van der Waals surface area contributed by atoms with Gasteiger partial charge < -0.3 is 14.8 Å². The number of aryl methyl sites for hydroxylation is 1. The second-order valence-corrected chi connectivity index (χ2v) is 4.89. The molecule has 0 amide bonds. The van der Waals surface area contributed by atoms with E-state index in [0.29, 0.717) is 12.6 Å². The average molecular weight is 243 g/mol. The van der Waals surface area contributed by atoms with Crippen molar-refractivity contribution in [3.63, 3.8) is 0 Å². The summed E-state index contributed by atoms with van der Waals surface area (Å²) in [6.07, 6.45) is 0.934. The van der Waals surface area contributed by atoms with Crippen LogP contribution >= 0.6 is 11.3 Å². The van der Waals surface area contributed by atoms with Gasteiger partial charge in [-0.3, -0.25) is 0 Å². The fourth-order valence-electron chi connectivity index (χ4n) is 1.45. The van der Waals surface area contributed by atoms with Gasteiger partial charge in [-0.1, -0.05) is 6.92 Å². The molecule has 0 aliphatic heterocycles. The highest BCUT2D eigenvalue weighted by atomic mass is 32.1. The average Bonchev–Trinajstić information content (AvgIpc) is 2.78. The van der Waals surface area contributed by atoms with Gasteiger partial charge >= 0.3 is 0 Å². The first-order chi connectivity index (χ1) is 7.71.